The standard InChI is InChI=1S/C25H22N4O3S/c1-16-5-7-18(8-6-16)22-14-21(23-4-3-13-33-23)28-29(22)24(30)15-31-20-11-9-19(10-12-20)25-27-26-17(2)32-25/h3-13,22H,14-15H2,1-2H3. The molecule has 2 aromatic heterocycles. The second kappa shape index (κ2) is 8.99. The maximum absolute atomic E-state index is 13.1. The molecular formula is C25H22N4O3S. The highest BCUT2D eigenvalue weighted by Crippen LogP contribution is 2.34. The van der Waals surface area contributed by atoms with E-state index in [0.717, 1.165) is 21.7 Å². The van der Waals surface area contributed by atoms with Crippen LogP contribution in [0.4, 0.5) is 0 Å². The van der Waals surface area contributed by atoms with E-state index in [9.17, 15) is 4.79 Å². The van der Waals surface area contributed by atoms with Gasteiger partial charge in [0.2, 0.25) is 11.8 Å². The van der Waals surface area contributed by atoms with Crippen LogP contribution in [0, 0.1) is 13.8 Å². The summed E-state index contributed by atoms with van der Waals surface area (Å²) >= 11 is 1.63. The van der Waals surface area contributed by atoms with Crippen molar-refractivity contribution in [3.05, 3.63) is 87.9 Å². The number of rotatable bonds is 6. The Hall–Kier alpha value is -3.78. The summed E-state index contributed by atoms with van der Waals surface area (Å²) in [6, 6.07) is 19.3. The van der Waals surface area contributed by atoms with Gasteiger partial charge in [0.1, 0.15) is 5.75 Å². The Morgan fingerprint density at radius 3 is 2.55 bits per heavy atom. The number of thiophene rings is 1. The molecule has 0 saturated carbocycles. The van der Waals surface area contributed by atoms with Crippen LogP contribution in [0.25, 0.3) is 11.5 Å². The largest absolute Gasteiger partial charge is 0.484 e. The number of carbonyl (C=O) groups excluding carboxylic acids is 1. The van der Waals surface area contributed by atoms with E-state index in [0.29, 0.717) is 24.0 Å². The Morgan fingerprint density at radius 1 is 1.09 bits per heavy atom. The van der Waals surface area contributed by atoms with Gasteiger partial charge in [0.15, 0.2) is 6.61 Å². The summed E-state index contributed by atoms with van der Waals surface area (Å²) in [6.07, 6.45) is 0.674. The third kappa shape index (κ3) is 4.56. The SMILES string of the molecule is Cc1ccc(C2CC(c3cccs3)=NN2C(=O)COc2ccc(-c3nnc(C)o3)cc2)cc1. The number of hydrogen-bond donors (Lipinski definition) is 0. The molecule has 0 fully saturated rings. The Bertz CT molecular complexity index is 1280. The van der Waals surface area contributed by atoms with Crippen LogP contribution in [0.5, 0.6) is 5.75 Å². The first-order valence-corrected chi connectivity index (χ1v) is 11.5. The molecule has 1 aliphatic rings. The molecular weight excluding hydrogens is 436 g/mol. The fourth-order valence-corrected chi connectivity index (χ4v) is 4.42. The van der Waals surface area contributed by atoms with Crippen LogP contribution in [0.3, 0.4) is 0 Å². The van der Waals surface area contributed by atoms with Gasteiger partial charge in [-0.3, -0.25) is 4.79 Å². The molecule has 33 heavy (non-hydrogen) atoms. The minimum absolute atomic E-state index is 0.109. The summed E-state index contributed by atoms with van der Waals surface area (Å²) in [6.45, 7) is 3.68. The van der Waals surface area contributed by atoms with Gasteiger partial charge in [0, 0.05) is 18.9 Å². The molecule has 166 valence electrons. The lowest BCUT2D eigenvalue weighted by atomic mass is 10.00. The summed E-state index contributed by atoms with van der Waals surface area (Å²) in [5.74, 6) is 1.34. The smallest absolute Gasteiger partial charge is 0.281 e. The van der Waals surface area contributed by atoms with E-state index in [1.807, 2.05) is 36.6 Å². The van der Waals surface area contributed by atoms with E-state index in [1.165, 1.54) is 5.56 Å². The third-order valence-electron chi connectivity index (χ3n) is 5.42. The van der Waals surface area contributed by atoms with Gasteiger partial charge in [-0.15, -0.1) is 21.5 Å². The molecule has 8 heteroatoms. The van der Waals surface area contributed by atoms with Crippen LogP contribution in [0.1, 0.15) is 34.4 Å². The van der Waals surface area contributed by atoms with Crippen LogP contribution in [0.15, 0.2) is 75.6 Å². The zero-order valence-corrected chi connectivity index (χ0v) is 19.1. The van der Waals surface area contributed by atoms with Crippen LogP contribution in [-0.4, -0.2) is 33.4 Å². The van der Waals surface area contributed by atoms with Gasteiger partial charge >= 0.3 is 0 Å². The van der Waals surface area contributed by atoms with Crippen molar-refractivity contribution < 1.29 is 13.9 Å². The molecule has 2 aromatic carbocycles. The van der Waals surface area contributed by atoms with Gasteiger partial charge in [0.25, 0.3) is 5.91 Å². The molecule has 0 spiro atoms. The van der Waals surface area contributed by atoms with Gasteiger partial charge in [-0.05, 0) is 48.2 Å². The molecule has 1 aliphatic heterocycles. The molecule has 5 rings (SSSR count). The number of aromatic nitrogens is 2. The maximum Gasteiger partial charge on any atom is 0.281 e. The summed E-state index contributed by atoms with van der Waals surface area (Å²) in [5.41, 5.74) is 3.95. The fourth-order valence-electron chi connectivity index (χ4n) is 3.70. The topological polar surface area (TPSA) is 80.8 Å². The molecule has 1 unspecified atom stereocenters. The number of hydrazone groups is 1. The fraction of sp³-hybridized carbons (Fsp3) is 0.200. The normalized spacial score (nSPS) is 15.5. The zero-order valence-electron chi connectivity index (χ0n) is 18.3. The Balaban J connectivity index is 1.31. The highest BCUT2D eigenvalue weighted by atomic mass is 32.1. The van der Waals surface area contributed by atoms with E-state index in [1.54, 1.807) is 35.4 Å². The van der Waals surface area contributed by atoms with Gasteiger partial charge < -0.3 is 9.15 Å². The van der Waals surface area contributed by atoms with Crippen LogP contribution in [0.2, 0.25) is 0 Å². The molecule has 1 amide bonds. The number of carbonyl (C=O) groups is 1. The minimum atomic E-state index is -0.191. The second-order valence-electron chi connectivity index (χ2n) is 7.83. The lowest BCUT2D eigenvalue weighted by Gasteiger charge is -2.22. The molecule has 3 heterocycles. The van der Waals surface area contributed by atoms with Crippen LogP contribution in [-0.2, 0) is 4.79 Å². The summed E-state index contributed by atoms with van der Waals surface area (Å²) < 4.78 is 11.2. The van der Waals surface area contributed by atoms with Gasteiger partial charge in [-0.25, -0.2) is 5.01 Å². The number of aryl methyl sites for hydroxylation is 2. The van der Waals surface area contributed by atoms with E-state index in [4.69, 9.17) is 9.15 Å². The zero-order chi connectivity index (χ0) is 22.8. The Labute approximate surface area is 195 Å². The van der Waals surface area contributed by atoms with Crippen LogP contribution < -0.4 is 4.74 Å². The lowest BCUT2D eigenvalue weighted by molar-refractivity contribution is -0.135. The number of hydrogen-bond acceptors (Lipinski definition) is 7. The molecule has 0 bridgehead atoms. The van der Waals surface area contributed by atoms with Crippen molar-refractivity contribution >= 4 is 23.0 Å². The van der Waals surface area contributed by atoms with Crippen LogP contribution >= 0.6 is 11.3 Å². The van der Waals surface area contributed by atoms with Gasteiger partial charge in [-0.2, -0.15) is 5.10 Å². The highest BCUT2D eigenvalue weighted by Gasteiger charge is 2.33. The minimum Gasteiger partial charge on any atom is -0.484 e. The number of ether oxygens (including phenoxy) is 1. The first kappa shape index (κ1) is 21.1. The van der Waals surface area contributed by atoms with Crippen molar-refractivity contribution in [2.24, 2.45) is 5.10 Å². The highest BCUT2D eigenvalue weighted by molar-refractivity contribution is 7.12. The van der Waals surface area contributed by atoms with Gasteiger partial charge in [0.05, 0.1) is 16.6 Å². The van der Waals surface area contributed by atoms with Crippen molar-refractivity contribution in [1.82, 2.24) is 15.2 Å². The van der Waals surface area contributed by atoms with Gasteiger partial charge in [-0.1, -0.05) is 35.9 Å². The van der Waals surface area contributed by atoms with Crippen molar-refractivity contribution in [2.45, 2.75) is 26.3 Å². The number of amides is 1. The molecule has 4 aromatic rings. The summed E-state index contributed by atoms with van der Waals surface area (Å²) in [7, 11) is 0. The number of nitrogens with zero attached hydrogens (tertiary/aromatic N) is 4. The summed E-state index contributed by atoms with van der Waals surface area (Å²) in [5, 5.41) is 16.1. The molecule has 0 saturated heterocycles. The first-order chi connectivity index (χ1) is 16.1. The van der Waals surface area contributed by atoms with E-state index in [-0.39, 0.29) is 18.6 Å². The van der Waals surface area contributed by atoms with E-state index < -0.39 is 0 Å². The third-order valence-corrected chi connectivity index (χ3v) is 6.34. The summed E-state index contributed by atoms with van der Waals surface area (Å²) in [4.78, 5) is 14.2. The van der Waals surface area contributed by atoms with E-state index >= 15 is 0 Å². The average molecular weight is 459 g/mol. The quantitative estimate of drug-likeness (QED) is 0.398. The Morgan fingerprint density at radius 2 is 1.88 bits per heavy atom. The number of benzene rings is 2. The average Bonchev–Trinajstić information content (AvgIpc) is 3.59. The van der Waals surface area contributed by atoms with Crippen molar-refractivity contribution in [1.29, 1.82) is 0 Å². The molecule has 7 nitrogen and oxygen atoms in total. The monoisotopic (exact) mass is 458 g/mol. The Kier molecular flexibility index (Phi) is 5.75. The lowest BCUT2D eigenvalue weighted by Crippen LogP contribution is -2.31. The molecule has 0 aliphatic carbocycles. The second-order valence-corrected chi connectivity index (χ2v) is 8.78. The predicted octanol–water partition coefficient (Wildman–Crippen LogP) is 5.17. The van der Waals surface area contributed by atoms with E-state index in [2.05, 4.69) is 39.6 Å². The van der Waals surface area contributed by atoms with Crippen molar-refractivity contribution in [3.8, 4) is 17.2 Å². The molecule has 0 N–H and O–H groups in total. The predicted molar refractivity (Wildman–Crippen MR) is 126 cm³/mol. The molecule has 0 radical (unpaired) electrons. The van der Waals surface area contributed by atoms with Crippen molar-refractivity contribution in [2.75, 3.05) is 6.61 Å². The first-order valence-electron chi connectivity index (χ1n) is 10.6. The molecule has 1 atom stereocenters. The maximum atomic E-state index is 13.1. The van der Waals surface area contributed by atoms with Crippen molar-refractivity contribution in [3.63, 3.8) is 0 Å².